The maximum absolute atomic E-state index is 11.3. The van der Waals surface area contributed by atoms with Crippen LogP contribution in [0.25, 0.3) is 0 Å². The van der Waals surface area contributed by atoms with Crippen LogP contribution in [0, 0.1) is 0 Å². The third-order valence-electron chi connectivity index (χ3n) is 2.91. The molecule has 0 amide bonds. The molecule has 0 aliphatic rings. The molecule has 0 aliphatic carbocycles. The molecule has 0 bridgehead atoms. The first-order valence-electron chi connectivity index (χ1n) is 5.85. The fourth-order valence-electron chi connectivity index (χ4n) is 1.79. The maximum Gasteiger partial charge on any atom is 0.250 e. The van der Waals surface area contributed by atoms with Crippen LogP contribution in [0.3, 0.4) is 0 Å². The second-order valence-electron chi connectivity index (χ2n) is 4.41. The Morgan fingerprint density at radius 1 is 1.16 bits per heavy atom. The summed E-state index contributed by atoms with van der Waals surface area (Å²) < 4.78 is 1.53. The summed E-state index contributed by atoms with van der Waals surface area (Å²) in [7, 11) is 1.72. The highest BCUT2D eigenvalue weighted by atomic mass is 35.5. The van der Waals surface area contributed by atoms with Crippen molar-refractivity contribution in [3.8, 4) is 0 Å². The van der Waals surface area contributed by atoms with E-state index in [-0.39, 0.29) is 11.6 Å². The number of rotatable bonds is 3. The van der Waals surface area contributed by atoms with E-state index in [4.69, 9.17) is 23.2 Å². The van der Waals surface area contributed by atoms with E-state index < -0.39 is 0 Å². The van der Waals surface area contributed by atoms with E-state index in [9.17, 15) is 4.79 Å². The lowest BCUT2D eigenvalue weighted by Gasteiger charge is -2.16. The molecule has 1 aromatic heterocycles. The number of aromatic nitrogens is 1. The first-order valence-corrected chi connectivity index (χ1v) is 6.61. The van der Waals surface area contributed by atoms with Crippen LogP contribution in [0.2, 0.25) is 10.0 Å². The van der Waals surface area contributed by atoms with Crippen molar-refractivity contribution in [2.24, 2.45) is 7.05 Å². The Balaban J connectivity index is 2.20. The van der Waals surface area contributed by atoms with E-state index in [2.05, 4.69) is 5.32 Å². The number of hydrogen-bond acceptors (Lipinski definition) is 2. The Morgan fingerprint density at radius 3 is 2.53 bits per heavy atom. The van der Waals surface area contributed by atoms with Crippen molar-refractivity contribution < 1.29 is 0 Å². The van der Waals surface area contributed by atoms with Gasteiger partial charge in [0.2, 0.25) is 5.56 Å². The minimum atomic E-state index is -0.0345. The topological polar surface area (TPSA) is 34.0 Å². The predicted molar refractivity (Wildman–Crippen MR) is 80.2 cm³/mol. The average molecular weight is 297 g/mol. The predicted octanol–water partition coefficient (Wildman–Crippen LogP) is 3.87. The van der Waals surface area contributed by atoms with E-state index >= 15 is 0 Å². The number of halogens is 2. The van der Waals surface area contributed by atoms with Crippen LogP contribution in [0.1, 0.15) is 18.5 Å². The molecule has 2 rings (SSSR count). The number of hydrogen-bond donors (Lipinski definition) is 1. The van der Waals surface area contributed by atoms with Gasteiger partial charge in [0, 0.05) is 25.4 Å². The minimum Gasteiger partial charge on any atom is -0.377 e. The van der Waals surface area contributed by atoms with Gasteiger partial charge < -0.3 is 9.88 Å². The minimum absolute atomic E-state index is 0.0345. The number of benzene rings is 1. The van der Waals surface area contributed by atoms with Gasteiger partial charge in [0.15, 0.2) is 0 Å². The second-order valence-corrected chi connectivity index (χ2v) is 5.22. The Morgan fingerprint density at radius 2 is 1.89 bits per heavy atom. The molecule has 1 heterocycles. The molecule has 0 aliphatic heterocycles. The van der Waals surface area contributed by atoms with Gasteiger partial charge in [-0.1, -0.05) is 29.3 Å². The Labute approximate surface area is 121 Å². The van der Waals surface area contributed by atoms with Gasteiger partial charge in [0.05, 0.1) is 15.7 Å². The fourth-order valence-corrected chi connectivity index (χ4v) is 2.10. The van der Waals surface area contributed by atoms with Gasteiger partial charge in [0.1, 0.15) is 0 Å². The van der Waals surface area contributed by atoms with Gasteiger partial charge in [0.25, 0.3) is 0 Å². The monoisotopic (exact) mass is 296 g/mol. The van der Waals surface area contributed by atoms with E-state index in [1.807, 2.05) is 19.1 Å². The number of nitrogens with one attached hydrogen (secondary N) is 1. The van der Waals surface area contributed by atoms with Crippen molar-refractivity contribution >= 4 is 28.9 Å². The van der Waals surface area contributed by atoms with Crippen molar-refractivity contribution in [1.82, 2.24) is 4.57 Å². The summed E-state index contributed by atoms with van der Waals surface area (Å²) >= 11 is 11.9. The highest BCUT2D eigenvalue weighted by Gasteiger charge is 2.08. The Bertz CT molecular complexity index is 652. The summed E-state index contributed by atoms with van der Waals surface area (Å²) in [5, 5.41) is 4.39. The maximum atomic E-state index is 11.3. The molecule has 100 valence electrons. The van der Waals surface area contributed by atoms with Crippen molar-refractivity contribution in [3.05, 3.63) is 62.5 Å². The van der Waals surface area contributed by atoms with Crippen molar-refractivity contribution in [2.75, 3.05) is 5.32 Å². The van der Waals surface area contributed by atoms with Crippen LogP contribution < -0.4 is 10.9 Å². The highest BCUT2D eigenvalue weighted by Crippen LogP contribution is 2.27. The van der Waals surface area contributed by atoms with Gasteiger partial charge in [-0.2, -0.15) is 0 Å². The molecule has 0 saturated heterocycles. The summed E-state index contributed by atoms with van der Waals surface area (Å²) in [6.07, 6.45) is 1.76. The van der Waals surface area contributed by atoms with E-state index in [0.717, 1.165) is 11.3 Å². The van der Waals surface area contributed by atoms with Crippen LogP contribution >= 0.6 is 23.2 Å². The quantitative estimate of drug-likeness (QED) is 0.933. The van der Waals surface area contributed by atoms with E-state index in [1.165, 1.54) is 10.6 Å². The SMILES string of the molecule is CC(Nc1ccc(=O)n(C)c1)c1ccc(Cl)c(Cl)c1. The van der Waals surface area contributed by atoms with Crippen LogP contribution in [0.4, 0.5) is 5.69 Å². The van der Waals surface area contributed by atoms with Gasteiger partial charge in [-0.15, -0.1) is 0 Å². The smallest absolute Gasteiger partial charge is 0.250 e. The summed E-state index contributed by atoms with van der Waals surface area (Å²) in [5.74, 6) is 0. The lowest BCUT2D eigenvalue weighted by Crippen LogP contribution is -2.16. The van der Waals surface area contributed by atoms with Crippen LogP contribution in [-0.4, -0.2) is 4.57 Å². The first-order chi connectivity index (χ1) is 8.97. The van der Waals surface area contributed by atoms with Crippen molar-refractivity contribution in [2.45, 2.75) is 13.0 Å². The number of aryl methyl sites for hydroxylation is 1. The lowest BCUT2D eigenvalue weighted by molar-refractivity contribution is 0.840. The molecule has 0 radical (unpaired) electrons. The normalized spacial score (nSPS) is 12.2. The molecule has 1 atom stereocenters. The summed E-state index contributed by atoms with van der Waals surface area (Å²) in [5.41, 5.74) is 1.87. The molecule has 3 nitrogen and oxygen atoms in total. The van der Waals surface area contributed by atoms with E-state index in [0.29, 0.717) is 10.0 Å². The van der Waals surface area contributed by atoms with Crippen LogP contribution in [0.5, 0.6) is 0 Å². The molecule has 0 saturated carbocycles. The van der Waals surface area contributed by atoms with Crippen LogP contribution in [-0.2, 0) is 7.05 Å². The molecule has 1 aromatic carbocycles. The lowest BCUT2D eigenvalue weighted by atomic mass is 10.1. The summed E-state index contributed by atoms with van der Waals surface area (Å²) in [4.78, 5) is 11.3. The van der Waals surface area contributed by atoms with Gasteiger partial charge >= 0.3 is 0 Å². The molecule has 19 heavy (non-hydrogen) atoms. The molecule has 0 spiro atoms. The molecule has 1 unspecified atom stereocenters. The number of nitrogens with zero attached hydrogens (tertiary/aromatic N) is 1. The zero-order chi connectivity index (χ0) is 14.0. The molecular weight excluding hydrogens is 283 g/mol. The Hall–Kier alpha value is -1.45. The molecule has 1 N–H and O–H groups in total. The third-order valence-corrected chi connectivity index (χ3v) is 3.65. The van der Waals surface area contributed by atoms with Gasteiger partial charge in [-0.3, -0.25) is 4.79 Å². The zero-order valence-corrected chi connectivity index (χ0v) is 12.2. The largest absolute Gasteiger partial charge is 0.377 e. The molecular formula is C14H14Cl2N2O. The number of anilines is 1. The highest BCUT2D eigenvalue weighted by molar-refractivity contribution is 6.42. The summed E-state index contributed by atoms with van der Waals surface area (Å²) in [6.45, 7) is 2.02. The van der Waals surface area contributed by atoms with Crippen LogP contribution in [0.15, 0.2) is 41.3 Å². The standard InChI is InChI=1S/C14H14Cl2N2O/c1-9(10-3-5-12(15)13(16)7-10)17-11-4-6-14(19)18(2)8-11/h3-9,17H,1-2H3. The third kappa shape index (κ3) is 3.31. The van der Waals surface area contributed by atoms with Gasteiger partial charge in [-0.25, -0.2) is 0 Å². The first kappa shape index (κ1) is 14.0. The zero-order valence-electron chi connectivity index (χ0n) is 10.7. The molecule has 2 aromatic rings. The second kappa shape index (κ2) is 5.68. The molecule has 0 fully saturated rings. The van der Waals surface area contributed by atoms with E-state index in [1.54, 1.807) is 25.4 Å². The fraction of sp³-hybridized carbons (Fsp3) is 0.214. The molecule has 5 heteroatoms. The summed E-state index contributed by atoms with van der Waals surface area (Å²) in [6, 6.07) is 8.89. The number of pyridine rings is 1. The Kier molecular flexibility index (Phi) is 4.17. The van der Waals surface area contributed by atoms with Gasteiger partial charge in [-0.05, 0) is 30.7 Å². The van der Waals surface area contributed by atoms with Crippen molar-refractivity contribution in [3.63, 3.8) is 0 Å². The average Bonchev–Trinajstić information content (AvgIpc) is 2.37. The van der Waals surface area contributed by atoms with Crippen molar-refractivity contribution in [1.29, 1.82) is 0 Å².